The lowest BCUT2D eigenvalue weighted by Gasteiger charge is -2.18. The van der Waals surface area contributed by atoms with Crippen LogP contribution in [0.1, 0.15) is 72.6 Å². The largest absolute Gasteiger partial charge is 0.314 e. The maximum atomic E-state index is 3.68. The normalized spacial score (nSPS) is 13.4. The van der Waals surface area contributed by atoms with E-state index >= 15 is 0 Å². The first-order valence-electron chi connectivity index (χ1n) is 6.94. The second-order valence-corrected chi connectivity index (χ2v) is 5.12. The monoisotopic (exact) mass is 213 g/mol. The standard InChI is InChI=1S/C14H31N/c1-5-7-10-14(15-12-6-2)11-8-9-13(3)4/h13-15H,5-12H2,1-4H3. The van der Waals surface area contributed by atoms with Gasteiger partial charge in [-0.05, 0) is 31.7 Å². The summed E-state index contributed by atoms with van der Waals surface area (Å²) in [5, 5.41) is 3.68. The number of nitrogens with one attached hydrogen (secondary N) is 1. The van der Waals surface area contributed by atoms with Crippen molar-refractivity contribution in [2.45, 2.75) is 78.7 Å². The van der Waals surface area contributed by atoms with Crippen molar-refractivity contribution in [3.05, 3.63) is 0 Å². The maximum absolute atomic E-state index is 3.68. The van der Waals surface area contributed by atoms with Crippen LogP contribution in [0, 0.1) is 5.92 Å². The van der Waals surface area contributed by atoms with Crippen molar-refractivity contribution < 1.29 is 0 Å². The van der Waals surface area contributed by atoms with E-state index in [9.17, 15) is 0 Å². The number of hydrogen-bond donors (Lipinski definition) is 1. The molecular weight excluding hydrogens is 182 g/mol. The van der Waals surface area contributed by atoms with Gasteiger partial charge in [-0.25, -0.2) is 0 Å². The zero-order chi connectivity index (χ0) is 11.5. The molecule has 1 atom stereocenters. The van der Waals surface area contributed by atoms with Gasteiger partial charge in [0.25, 0.3) is 0 Å². The van der Waals surface area contributed by atoms with Gasteiger partial charge in [0.05, 0.1) is 0 Å². The first-order valence-corrected chi connectivity index (χ1v) is 6.94. The summed E-state index contributed by atoms with van der Waals surface area (Å²) >= 11 is 0. The van der Waals surface area contributed by atoms with Crippen molar-refractivity contribution in [3.63, 3.8) is 0 Å². The lowest BCUT2D eigenvalue weighted by molar-refractivity contribution is 0.408. The third-order valence-corrected chi connectivity index (χ3v) is 2.92. The Hall–Kier alpha value is -0.0400. The minimum atomic E-state index is 0.781. The zero-order valence-electron chi connectivity index (χ0n) is 11.3. The molecule has 0 aromatic carbocycles. The summed E-state index contributed by atoms with van der Waals surface area (Å²) in [6, 6.07) is 0.781. The van der Waals surface area contributed by atoms with Crippen LogP contribution in [-0.2, 0) is 0 Å². The summed E-state index contributed by atoms with van der Waals surface area (Å²) in [4.78, 5) is 0. The van der Waals surface area contributed by atoms with Gasteiger partial charge < -0.3 is 5.32 Å². The summed E-state index contributed by atoms with van der Waals surface area (Å²) < 4.78 is 0. The van der Waals surface area contributed by atoms with E-state index in [0.29, 0.717) is 0 Å². The molecule has 0 fully saturated rings. The highest BCUT2D eigenvalue weighted by Gasteiger charge is 2.06. The van der Waals surface area contributed by atoms with Crippen molar-refractivity contribution in [2.24, 2.45) is 5.92 Å². The number of hydrogen-bond acceptors (Lipinski definition) is 1. The smallest absolute Gasteiger partial charge is 0.00670 e. The quantitative estimate of drug-likeness (QED) is 0.568. The van der Waals surface area contributed by atoms with Crippen molar-refractivity contribution in [3.8, 4) is 0 Å². The first-order chi connectivity index (χ1) is 7.20. The average molecular weight is 213 g/mol. The third-order valence-electron chi connectivity index (χ3n) is 2.92. The summed E-state index contributed by atoms with van der Waals surface area (Å²) in [7, 11) is 0. The van der Waals surface area contributed by atoms with Crippen molar-refractivity contribution in [1.29, 1.82) is 0 Å². The van der Waals surface area contributed by atoms with Gasteiger partial charge in [0, 0.05) is 6.04 Å². The van der Waals surface area contributed by atoms with E-state index in [2.05, 4.69) is 33.0 Å². The second kappa shape index (κ2) is 10.5. The maximum Gasteiger partial charge on any atom is 0.00670 e. The summed E-state index contributed by atoms with van der Waals surface area (Å²) in [5.74, 6) is 0.864. The predicted octanol–water partition coefficient (Wildman–Crippen LogP) is 4.37. The van der Waals surface area contributed by atoms with E-state index in [1.807, 2.05) is 0 Å². The molecule has 1 unspecified atom stereocenters. The fraction of sp³-hybridized carbons (Fsp3) is 1.00. The molecule has 0 heterocycles. The SMILES string of the molecule is CCCCC(CCCC(C)C)NCCC. The molecule has 0 saturated heterocycles. The Labute approximate surface area is 97.0 Å². The predicted molar refractivity (Wildman–Crippen MR) is 70.3 cm³/mol. The average Bonchev–Trinajstić information content (AvgIpc) is 2.20. The Morgan fingerprint density at radius 2 is 1.53 bits per heavy atom. The molecule has 1 heteroatoms. The lowest BCUT2D eigenvalue weighted by atomic mass is 9.99. The van der Waals surface area contributed by atoms with Gasteiger partial charge in [-0.15, -0.1) is 0 Å². The molecule has 1 nitrogen and oxygen atoms in total. The molecule has 0 bridgehead atoms. The highest BCUT2D eigenvalue weighted by molar-refractivity contribution is 4.67. The Kier molecular flexibility index (Phi) is 10.4. The molecule has 0 aliphatic heterocycles. The van der Waals surface area contributed by atoms with Gasteiger partial charge >= 0.3 is 0 Å². The fourth-order valence-corrected chi connectivity index (χ4v) is 1.92. The fourth-order valence-electron chi connectivity index (χ4n) is 1.92. The molecule has 0 aromatic rings. The lowest BCUT2D eigenvalue weighted by Crippen LogP contribution is -2.29. The van der Waals surface area contributed by atoms with Crippen LogP contribution in [0.25, 0.3) is 0 Å². The van der Waals surface area contributed by atoms with E-state index in [1.54, 1.807) is 0 Å². The van der Waals surface area contributed by atoms with Crippen LogP contribution < -0.4 is 5.32 Å². The molecule has 0 aliphatic carbocycles. The second-order valence-electron chi connectivity index (χ2n) is 5.12. The molecule has 0 rings (SSSR count). The Morgan fingerprint density at radius 3 is 2.07 bits per heavy atom. The summed E-state index contributed by atoms with van der Waals surface area (Å²) in [6.45, 7) is 10.4. The van der Waals surface area contributed by atoms with Crippen molar-refractivity contribution >= 4 is 0 Å². The molecule has 0 saturated carbocycles. The molecular formula is C14H31N. The van der Waals surface area contributed by atoms with Gasteiger partial charge in [0.1, 0.15) is 0 Å². The molecule has 92 valence electrons. The Bertz CT molecular complexity index is 113. The van der Waals surface area contributed by atoms with Crippen molar-refractivity contribution in [1.82, 2.24) is 5.32 Å². The van der Waals surface area contributed by atoms with Crippen LogP contribution in [0.5, 0.6) is 0 Å². The third kappa shape index (κ3) is 10.2. The number of rotatable bonds is 10. The van der Waals surface area contributed by atoms with Crippen LogP contribution >= 0.6 is 0 Å². The van der Waals surface area contributed by atoms with Crippen LogP contribution in [0.3, 0.4) is 0 Å². The number of unbranched alkanes of at least 4 members (excludes halogenated alkanes) is 1. The zero-order valence-corrected chi connectivity index (χ0v) is 11.3. The molecule has 0 amide bonds. The van der Waals surface area contributed by atoms with Crippen LogP contribution in [0.4, 0.5) is 0 Å². The topological polar surface area (TPSA) is 12.0 Å². The molecule has 0 spiro atoms. The van der Waals surface area contributed by atoms with Gasteiger partial charge in [-0.3, -0.25) is 0 Å². The van der Waals surface area contributed by atoms with Gasteiger partial charge in [-0.2, -0.15) is 0 Å². The van der Waals surface area contributed by atoms with Gasteiger partial charge in [0.15, 0.2) is 0 Å². The molecule has 15 heavy (non-hydrogen) atoms. The Morgan fingerprint density at radius 1 is 0.867 bits per heavy atom. The first kappa shape index (κ1) is 15.0. The van der Waals surface area contributed by atoms with Crippen LogP contribution in [-0.4, -0.2) is 12.6 Å². The molecule has 1 N–H and O–H groups in total. The summed E-state index contributed by atoms with van der Waals surface area (Å²) in [5.41, 5.74) is 0. The minimum absolute atomic E-state index is 0.781. The van der Waals surface area contributed by atoms with Gasteiger partial charge in [0.2, 0.25) is 0 Å². The van der Waals surface area contributed by atoms with E-state index in [1.165, 1.54) is 51.5 Å². The van der Waals surface area contributed by atoms with E-state index in [4.69, 9.17) is 0 Å². The minimum Gasteiger partial charge on any atom is -0.314 e. The van der Waals surface area contributed by atoms with E-state index in [0.717, 1.165) is 12.0 Å². The van der Waals surface area contributed by atoms with Gasteiger partial charge in [-0.1, -0.05) is 53.4 Å². The van der Waals surface area contributed by atoms with E-state index in [-0.39, 0.29) is 0 Å². The summed E-state index contributed by atoms with van der Waals surface area (Å²) in [6.07, 6.45) is 9.48. The molecule has 0 aromatic heterocycles. The van der Waals surface area contributed by atoms with Crippen LogP contribution in [0.15, 0.2) is 0 Å². The highest BCUT2D eigenvalue weighted by Crippen LogP contribution is 2.12. The van der Waals surface area contributed by atoms with Crippen molar-refractivity contribution in [2.75, 3.05) is 6.54 Å². The van der Waals surface area contributed by atoms with Crippen LogP contribution in [0.2, 0.25) is 0 Å². The molecule has 0 radical (unpaired) electrons. The highest BCUT2D eigenvalue weighted by atomic mass is 14.9. The molecule has 0 aliphatic rings. The van der Waals surface area contributed by atoms with E-state index < -0.39 is 0 Å². The Balaban J connectivity index is 3.58.